The van der Waals surface area contributed by atoms with Crippen molar-refractivity contribution in [3.8, 4) is 17.6 Å². The fourth-order valence-corrected chi connectivity index (χ4v) is 3.18. The van der Waals surface area contributed by atoms with Crippen molar-refractivity contribution in [3.05, 3.63) is 96.1 Å². The van der Waals surface area contributed by atoms with Gasteiger partial charge in [-0.1, -0.05) is 74.5 Å². The van der Waals surface area contributed by atoms with Crippen LogP contribution in [0.5, 0.6) is 11.5 Å². The van der Waals surface area contributed by atoms with Gasteiger partial charge in [0.2, 0.25) is 6.10 Å². The van der Waals surface area contributed by atoms with E-state index in [0.717, 1.165) is 5.56 Å². The molecule has 29 heavy (non-hydrogen) atoms. The van der Waals surface area contributed by atoms with Gasteiger partial charge >= 0.3 is 5.97 Å². The summed E-state index contributed by atoms with van der Waals surface area (Å²) in [5, 5.41) is 9.63. The minimum Gasteiger partial charge on any atom is -0.457 e. The summed E-state index contributed by atoms with van der Waals surface area (Å²) in [6.07, 6.45) is -1.01. The lowest BCUT2D eigenvalue weighted by Crippen LogP contribution is -2.22. The van der Waals surface area contributed by atoms with Crippen LogP contribution in [0.15, 0.2) is 84.9 Å². The van der Waals surface area contributed by atoms with Crippen LogP contribution in [0, 0.1) is 17.2 Å². The van der Waals surface area contributed by atoms with Gasteiger partial charge in [0.15, 0.2) is 0 Å². The van der Waals surface area contributed by atoms with E-state index in [4.69, 9.17) is 9.47 Å². The highest BCUT2D eigenvalue weighted by Gasteiger charge is 2.28. The molecule has 0 bridgehead atoms. The highest BCUT2D eigenvalue weighted by Crippen LogP contribution is 2.30. The van der Waals surface area contributed by atoms with E-state index in [9.17, 15) is 10.1 Å². The Morgan fingerprint density at radius 1 is 0.828 bits per heavy atom. The Balaban J connectivity index is 1.78. The largest absolute Gasteiger partial charge is 0.457 e. The van der Waals surface area contributed by atoms with Gasteiger partial charge in [-0.15, -0.1) is 0 Å². The lowest BCUT2D eigenvalue weighted by atomic mass is 9.88. The van der Waals surface area contributed by atoms with E-state index in [-0.39, 0.29) is 5.92 Å². The highest BCUT2D eigenvalue weighted by molar-refractivity contribution is 5.79. The highest BCUT2D eigenvalue weighted by atomic mass is 16.5. The summed E-state index contributed by atoms with van der Waals surface area (Å²) in [6.45, 7) is 3.93. The van der Waals surface area contributed by atoms with Gasteiger partial charge in [-0.2, -0.15) is 5.26 Å². The van der Waals surface area contributed by atoms with Crippen molar-refractivity contribution >= 4 is 5.97 Å². The molecule has 146 valence electrons. The summed E-state index contributed by atoms with van der Waals surface area (Å²) >= 11 is 0. The van der Waals surface area contributed by atoms with Crippen LogP contribution in [0.4, 0.5) is 0 Å². The van der Waals surface area contributed by atoms with Crippen molar-refractivity contribution in [1.82, 2.24) is 0 Å². The van der Waals surface area contributed by atoms with E-state index >= 15 is 0 Å². The van der Waals surface area contributed by atoms with Gasteiger partial charge in [0, 0.05) is 5.56 Å². The maximum atomic E-state index is 12.9. The normalized spacial score (nSPS) is 12.6. The molecule has 0 N–H and O–H groups in total. The van der Waals surface area contributed by atoms with E-state index in [1.807, 2.05) is 74.5 Å². The summed E-state index contributed by atoms with van der Waals surface area (Å²) in [7, 11) is 0. The second-order valence-electron chi connectivity index (χ2n) is 7.07. The number of carbonyl (C=O) groups excluding carboxylic acids is 1. The number of carbonyl (C=O) groups is 1. The summed E-state index contributed by atoms with van der Waals surface area (Å²) < 4.78 is 11.4. The van der Waals surface area contributed by atoms with Crippen molar-refractivity contribution in [2.45, 2.75) is 25.9 Å². The van der Waals surface area contributed by atoms with Crippen molar-refractivity contribution < 1.29 is 14.3 Å². The number of nitriles is 1. The zero-order valence-electron chi connectivity index (χ0n) is 16.5. The fourth-order valence-electron chi connectivity index (χ4n) is 3.18. The second kappa shape index (κ2) is 9.57. The predicted molar refractivity (Wildman–Crippen MR) is 111 cm³/mol. The lowest BCUT2D eigenvalue weighted by Gasteiger charge is -2.22. The molecule has 0 aliphatic carbocycles. The van der Waals surface area contributed by atoms with Crippen LogP contribution in [0.1, 0.15) is 37.0 Å². The molecule has 0 heterocycles. The third-order valence-electron chi connectivity index (χ3n) is 4.57. The number of rotatable bonds is 7. The van der Waals surface area contributed by atoms with Crippen molar-refractivity contribution in [2.24, 2.45) is 5.92 Å². The zero-order valence-corrected chi connectivity index (χ0v) is 16.5. The Bertz CT molecular complexity index is 978. The molecule has 2 atom stereocenters. The number of esters is 1. The van der Waals surface area contributed by atoms with Gasteiger partial charge in [0.05, 0.1) is 5.92 Å². The molecule has 0 radical (unpaired) electrons. The average molecular weight is 385 g/mol. The number of benzene rings is 3. The first-order chi connectivity index (χ1) is 14.1. The van der Waals surface area contributed by atoms with Crippen LogP contribution >= 0.6 is 0 Å². The Morgan fingerprint density at radius 2 is 1.41 bits per heavy atom. The van der Waals surface area contributed by atoms with Gasteiger partial charge in [-0.3, -0.25) is 4.79 Å². The molecular formula is C25H23NO3. The minimum atomic E-state index is -1.01. The van der Waals surface area contributed by atoms with Gasteiger partial charge in [0.25, 0.3) is 0 Å². The molecule has 0 aliphatic heterocycles. The Morgan fingerprint density at radius 3 is 2.03 bits per heavy atom. The molecule has 4 nitrogen and oxygen atoms in total. The number of hydrogen-bond donors (Lipinski definition) is 0. The first-order valence-electron chi connectivity index (χ1n) is 9.56. The molecule has 4 heteroatoms. The summed E-state index contributed by atoms with van der Waals surface area (Å²) in [5.74, 6) is 0.465. The van der Waals surface area contributed by atoms with Crippen molar-refractivity contribution in [1.29, 1.82) is 5.26 Å². The molecule has 3 rings (SSSR count). The molecule has 0 spiro atoms. The Hall–Kier alpha value is -3.58. The summed E-state index contributed by atoms with van der Waals surface area (Å²) in [6, 6.07) is 28.0. The number of hydrogen-bond acceptors (Lipinski definition) is 4. The first-order valence-corrected chi connectivity index (χ1v) is 9.56. The van der Waals surface area contributed by atoms with Gasteiger partial charge in [0.1, 0.15) is 17.6 Å². The predicted octanol–water partition coefficient (Wildman–Crippen LogP) is 6.03. The van der Waals surface area contributed by atoms with E-state index in [1.165, 1.54) is 0 Å². The maximum absolute atomic E-state index is 12.9. The van der Waals surface area contributed by atoms with Crippen LogP contribution in [0.2, 0.25) is 0 Å². The minimum absolute atomic E-state index is 0.0389. The molecule has 0 amide bonds. The van der Waals surface area contributed by atoms with Crippen molar-refractivity contribution in [3.63, 3.8) is 0 Å². The number of para-hydroxylation sites is 1. The molecule has 0 saturated carbocycles. The molecule has 0 unspecified atom stereocenters. The monoisotopic (exact) mass is 385 g/mol. The van der Waals surface area contributed by atoms with E-state index in [0.29, 0.717) is 17.1 Å². The molecule has 3 aromatic rings. The van der Waals surface area contributed by atoms with E-state index in [2.05, 4.69) is 6.07 Å². The van der Waals surface area contributed by atoms with Crippen LogP contribution in [-0.4, -0.2) is 5.97 Å². The second-order valence-corrected chi connectivity index (χ2v) is 7.07. The SMILES string of the molecule is CC(C)[C@@H](C(=O)O[C@H](C#N)c1cccc(Oc2ccccc2)c1)c1ccccc1. The third kappa shape index (κ3) is 5.24. The molecule has 3 aromatic carbocycles. The van der Waals surface area contributed by atoms with Crippen LogP contribution in [0.25, 0.3) is 0 Å². The number of nitrogens with zero attached hydrogens (tertiary/aromatic N) is 1. The van der Waals surface area contributed by atoms with E-state index < -0.39 is 18.0 Å². The fraction of sp³-hybridized carbons (Fsp3) is 0.200. The molecule has 0 saturated heterocycles. The Labute approximate surface area is 171 Å². The van der Waals surface area contributed by atoms with Crippen LogP contribution in [0.3, 0.4) is 0 Å². The maximum Gasteiger partial charge on any atom is 0.315 e. The lowest BCUT2D eigenvalue weighted by molar-refractivity contribution is -0.150. The Kier molecular flexibility index (Phi) is 6.65. The first kappa shape index (κ1) is 20.2. The number of ether oxygens (including phenoxy) is 2. The summed E-state index contributed by atoms with van der Waals surface area (Å²) in [5.41, 5.74) is 1.45. The third-order valence-corrected chi connectivity index (χ3v) is 4.57. The van der Waals surface area contributed by atoms with Gasteiger partial charge in [-0.25, -0.2) is 0 Å². The summed E-state index contributed by atoms with van der Waals surface area (Å²) in [4.78, 5) is 12.9. The van der Waals surface area contributed by atoms with Crippen molar-refractivity contribution in [2.75, 3.05) is 0 Å². The smallest absolute Gasteiger partial charge is 0.315 e. The zero-order chi connectivity index (χ0) is 20.6. The molecule has 0 fully saturated rings. The van der Waals surface area contributed by atoms with Gasteiger partial charge in [-0.05, 0) is 35.7 Å². The topological polar surface area (TPSA) is 59.3 Å². The molecule has 0 aromatic heterocycles. The van der Waals surface area contributed by atoms with E-state index in [1.54, 1.807) is 24.3 Å². The van der Waals surface area contributed by atoms with Gasteiger partial charge < -0.3 is 9.47 Å². The molecular weight excluding hydrogens is 362 g/mol. The average Bonchev–Trinajstić information content (AvgIpc) is 2.73. The standard InChI is InChI=1S/C25H23NO3/c1-18(2)24(19-10-5-3-6-11-19)25(27)29-23(17-26)20-12-9-15-22(16-20)28-21-13-7-4-8-14-21/h3-16,18,23-24H,1-2H3/t23-,24-/m1/s1. The molecule has 0 aliphatic rings. The van der Waals surface area contributed by atoms with Crippen LogP contribution < -0.4 is 4.74 Å². The quantitative estimate of drug-likeness (QED) is 0.466. The van der Waals surface area contributed by atoms with Crippen LogP contribution in [-0.2, 0) is 9.53 Å².